The fourth-order valence-electron chi connectivity index (χ4n) is 2.47. The maximum atomic E-state index is 13.1. The number of nitrogens with zero attached hydrogens (tertiary/aromatic N) is 4. The summed E-state index contributed by atoms with van der Waals surface area (Å²) in [5.74, 6) is -0.358. The molecule has 0 saturated heterocycles. The zero-order valence-electron chi connectivity index (χ0n) is 14.1. The summed E-state index contributed by atoms with van der Waals surface area (Å²) in [5, 5.41) is 10.6. The highest BCUT2D eigenvalue weighted by atomic mass is 35.5. The van der Waals surface area contributed by atoms with Gasteiger partial charge in [0.25, 0.3) is 5.78 Å². The van der Waals surface area contributed by atoms with Gasteiger partial charge in [0.15, 0.2) is 5.16 Å². The number of hydrogen-bond acceptors (Lipinski definition) is 5. The first-order chi connectivity index (χ1) is 12.6. The molecule has 0 radical (unpaired) electrons. The van der Waals surface area contributed by atoms with Crippen LogP contribution in [0, 0.1) is 13.8 Å². The minimum atomic E-state index is -4.63. The van der Waals surface area contributed by atoms with Gasteiger partial charge in [-0.05, 0) is 38.1 Å². The molecular weight excluding hydrogens is 403 g/mol. The van der Waals surface area contributed by atoms with Crippen molar-refractivity contribution in [3.05, 3.63) is 46.2 Å². The fourth-order valence-corrected chi connectivity index (χ4v) is 3.43. The topological polar surface area (TPSA) is 72.2 Å². The predicted octanol–water partition coefficient (Wildman–Crippen LogP) is 4.14. The fraction of sp³-hybridized carbons (Fsp3) is 0.250. The second kappa shape index (κ2) is 7.35. The molecule has 0 aliphatic rings. The number of alkyl halides is 3. The van der Waals surface area contributed by atoms with Crippen LogP contribution in [0.3, 0.4) is 0 Å². The van der Waals surface area contributed by atoms with Crippen LogP contribution < -0.4 is 5.32 Å². The smallest absolute Gasteiger partial charge is 0.325 e. The molecular formula is C16H13ClF3N5OS. The van der Waals surface area contributed by atoms with Crippen molar-refractivity contribution in [3.8, 4) is 0 Å². The van der Waals surface area contributed by atoms with Gasteiger partial charge in [-0.15, -0.1) is 10.2 Å². The quantitative estimate of drug-likeness (QED) is 0.648. The number of carbonyl (C=O) groups excluding carboxylic acids is 1. The lowest BCUT2D eigenvalue weighted by Crippen LogP contribution is -2.18. The number of halogens is 4. The Labute approximate surface area is 161 Å². The molecule has 0 aliphatic carbocycles. The van der Waals surface area contributed by atoms with E-state index in [0.29, 0.717) is 10.9 Å². The molecule has 0 atom stereocenters. The van der Waals surface area contributed by atoms with Crippen molar-refractivity contribution in [1.29, 1.82) is 0 Å². The normalized spacial score (nSPS) is 11.8. The molecule has 0 spiro atoms. The number of nitrogens with one attached hydrogen (secondary N) is 1. The lowest BCUT2D eigenvalue weighted by atomic mass is 10.1. The molecule has 0 unspecified atom stereocenters. The molecule has 2 aromatic heterocycles. The Kier molecular flexibility index (Phi) is 5.29. The number of aromatic nitrogens is 4. The largest absolute Gasteiger partial charge is 0.418 e. The summed E-state index contributed by atoms with van der Waals surface area (Å²) >= 11 is 6.68. The zero-order valence-corrected chi connectivity index (χ0v) is 15.7. The third kappa shape index (κ3) is 4.33. The van der Waals surface area contributed by atoms with E-state index in [2.05, 4.69) is 20.5 Å². The first-order valence-corrected chi connectivity index (χ1v) is 9.00. The summed E-state index contributed by atoms with van der Waals surface area (Å²) in [5.41, 5.74) is 0.264. The number of carbonyl (C=O) groups is 1. The molecule has 0 aliphatic heterocycles. The van der Waals surface area contributed by atoms with Gasteiger partial charge in [0.2, 0.25) is 5.91 Å². The predicted molar refractivity (Wildman–Crippen MR) is 96.1 cm³/mol. The van der Waals surface area contributed by atoms with Crippen molar-refractivity contribution in [2.24, 2.45) is 0 Å². The Morgan fingerprint density at radius 1 is 1.26 bits per heavy atom. The van der Waals surface area contributed by atoms with Crippen LogP contribution in [-0.4, -0.2) is 31.2 Å². The van der Waals surface area contributed by atoms with Crippen LogP contribution in [-0.2, 0) is 11.0 Å². The first kappa shape index (κ1) is 19.4. The van der Waals surface area contributed by atoms with Crippen LogP contribution >= 0.6 is 23.4 Å². The van der Waals surface area contributed by atoms with Gasteiger partial charge >= 0.3 is 6.18 Å². The van der Waals surface area contributed by atoms with Crippen molar-refractivity contribution in [1.82, 2.24) is 19.6 Å². The summed E-state index contributed by atoms with van der Waals surface area (Å²) in [6, 6.07) is 5.01. The highest BCUT2D eigenvalue weighted by molar-refractivity contribution is 7.99. The third-order valence-electron chi connectivity index (χ3n) is 3.56. The van der Waals surface area contributed by atoms with E-state index in [9.17, 15) is 18.0 Å². The van der Waals surface area contributed by atoms with Gasteiger partial charge in [-0.2, -0.15) is 13.2 Å². The number of benzene rings is 1. The lowest BCUT2D eigenvalue weighted by Gasteiger charge is -2.14. The van der Waals surface area contributed by atoms with Gasteiger partial charge in [0.05, 0.1) is 17.0 Å². The molecule has 6 nitrogen and oxygen atoms in total. The van der Waals surface area contributed by atoms with E-state index in [0.717, 1.165) is 35.3 Å². The Bertz CT molecular complexity index is 1020. The second-order valence-corrected chi connectivity index (χ2v) is 7.06. The van der Waals surface area contributed by atoms with Crippen LogP contribution in [0.15, 0.2) is 29.4 Å². The van der Waals surface area contributed by atoms with Gasteiger partial charge in [-0.1, -0.05) is 23.4 Å². The Balaban J connectivity index is 1.75. The zero-order chi connectivity index (χ0) is 19.8. The number of aryl methyl sites for hydroxylation is 2. The number of anilines is 1. The molecule has 27 heavy (non-hydrogen) atoms. The van der Waals surface area contributed by atoms with E-state index >= 15 is 0 Å². The molecule has 0 bridgehead atoms. The minimum Gasteiger partial charge on any atom is -0.325 e. The third-order valence-corrected chi connectivity index (χ3v) is 4.72. The summed E-state index contributed by atoms with van der Waals surface area (Å²) < 4.78 is 41.0. The number of amides is 1. The number of hydrogen-bond donors (Lipinski definition) is 1. The Hall–Kier alpha value is -2.33. The van der Waals surface area contributed by atoms with Crippen molar-refractivity contribution in [2.75, 3.05) is 11.1 Å². The second-order valence-electron chi connectivity index (χ2n) is 5.68. The van der Waals surface area contributed by atoms with E-state index in [1.54, 1.807) is 4.40 Å². The maximum Gasteiger partial charge on any atom is 0.418 e. The standard InChI is InChI=1S/C16H13ClF3N5OS/c1-8-5-9(2)25-14(21-8)23-24-15(25)27-7-13(26)22-12-4-3-10(17)6-11(12)16(18,19)20/h3-6H,7H2,1-2H3,(H,22,26). The summed E-state index contributed by atoms with van der Waals surface area (Å²) in [7, 11) is 0. The lowest BCUT2D eigenvalue weighted by molar-refractivity contribution is -0.137. The molecule has 3 rings (SSSR count). The average molecular weight is 416 g/mol. The average Bonchev–Trinajstić information content (AvgIpc) is 2.97. The molecule has 0 saturated carbocycles. The highest BCUT2D eigenvalue weighted by Crippen LogP contribution is 2.36. The van der Waals surface area contributed by atoms with E-state index in [-0.39, 0.29) is 16.5 Å². The number of rotatable bonds is 4. The Morgan fingerprint density at radius 2 is 2.00 bits per heavy atom. The van der Waals surface area contributed by atoms with Crippen LogP contribution in [0.4, 0.5) is 18.9 Å². The molecule has 142 valence electrons. The molecule has 3 aromatic rings. The van der Waals surface area contributed by atoms with Gasteiger partial charge < -0.3 is 5.32 Å². The molecule has 2 heterocycles. The molecule has 1 amide bonds. The number of fused-ring (bicyclic) bond motifs is 1. The van der Waals surface area contributed by atoms with Crippen LogP contribution in [0.2, 0.25) is 5.02 Å². The highest BCUT2D eigenvalue weighted by Gasteiger charge is 2.34. The monoisotopic (exact) mass is 415 g/mol. The molecule has 0 fully saturated rings. The van der Waals surface area contributed by atoms with Crippen molar-refractivity contribution in [3.63, 3.8) is 0 Å². The Morgan fingerprint density at radius 3 is 2.70 bits per heavy atom. The summed E-state index contributed by atoms with van der Waals surface area (Å²) in [4.78, 5) is 16.4. The SMILES string of the molecule is Cc1cc(C)n2c(SCC(=O)Nc3ccc(Cl)cc3C(F)(F)F)nnc2n1. The van der Waals surface area contributed by atoms with E-state index in [1.807, 2.05) is 19.9 Å². The van der Waals surface area contributed by atoms with Crippen LogP contribution in [0.25, 0.3) is 5.78 Å². The minimum absolute atomic E-state index is 0.0668. The van der Waals surface area contributed by atoms with Gasteiger partial charge in [-0.25, -0.2) is 4.98 Å². The summed E-state index contributed by atoms with van der Waals surface area (Å²) in [6.45, 7) is 3.67. The van der Waals surface area contributed by atoms with E-state index < -0.39 is 17.6 Å². The van der Waals surface area contributed by atoms with Crippen LogP contribution in [0.1, 0.15) is 17.0 Å². The van der Waals surface area contributed by atoms with Gasteiger partial charge in [0, 0.05) is 16.4 Å². The first-order valence-electron chi connectivity index (χ1n) is 7.64. The van der Waals surface area contributed by atoms with Crippen molar-refractivity contribution in [2.45, 2.75) is 25.2 Å². The van der Waals surface area contributed by atoms with E-state index in [1.165, 1.54) is 6.07 Å². The van der Waals surface area contributed by atoms with Gasteiger partial charge in [-0.3, -0.25) is 9.20 Å². The number of thioether (sulfide) groups is 1. The van der Waals surface area contributed by atoms with Crippen molar-refractivity contribution >= 4 is 40.7 Å². The molecule has 11 heteroatoms. The van der Waals surface area contributed by atoms with Gasteiger partial charge in [0.1, 0.15) is 0 Å². The summed E-state index contributed by atoms with van der Waals surface area (Å²) in [6.07, 6.45) is -4.63. The molecule has 1 aromatic carbocycles. The van der Waals surface area contributed by atoms with Crippen LogP contribution in [0.5, 0.6) is 0 Å². The molecule has 1 N–H and O–H groups in total. The maximum absolute atomic E-state index is 13.1. The van der Waals surface area contributed by atoms with Crippen molar-refractivity contribution < 1.29 is 18.0 Å². The van der Waals surface area contributed by atoms with E-state index in [4.69, 9.17) is 11.6 Å².